The number of hydrogen-bond donors (Lipinski definition) is 0. The first-order valence-electron chi connectivity index (χ1n) is 6.33. The molecular formula is C14H10ClFN4. The third kappa shape index (κ3) is 1.78. The van der Waals surface area contributed by atoms with Gasteiger partial charge in [0.25, 0.3) is 0 Å². The normalized spacial score (nSPS) is 21.3. The zero-order valence-electron chi connectivity index (χ0n) is 10.4. The van der Waals surface area contributed by atoms with Crippen molar-refractivity contribution < 1.29 is 4.39 Å². The Morgan fingerprint density at radius 1 is 1.25 bits per heavy atom. The summed E-state index contributed by atoms with van der Waals surface area (Å²) >= 11 is 6.03. The largest absolute Gasteiger partial charge is 0.262 e. The molecule has 0 amide bonds. The van der Waals surface area contributed by atoms with Crippen molar-refractivity contribution in [3.63, 3.8) is 0 Å². The maximum Gasteiger partial charge on any atom is 0.157 e. The van der Waals surface area contributed by atoms with E-state index in [4.69, 9.17) is 11.6 Å². The molecule has 6 heteroatoms. The molecule has 0 spiro atoms. The molecule has 100 valence electrons. The van der Waals surface area contributed by atoms with Gasteiger partial charge < -0.3 is 0 Å². The molecule has 4 rings (SSSR count). The van der Waals surface area contributed by atoms with Gasteiger partial charge in [-0.2, -0.15) is 5.10 Å². The summed E-state index contributed by atoms with van der Waals surface area (Å²) < 4.78 is 15.4. The second-order valence-corrected chi connectivity index (χ2v) is 5.35. The molecule has 0 N–H and O–H groups in total. The Labute approximate surface area is 119 Å². The molecule has 20 heavy (non-hydrogen) atoms. The van der Waals surface area contributed by atoms with Gasteiger partial charge in [-0.25, -0.2) is 13.9 Å². The van der Waals surface area contributed by atoms with Gasteiger partial charge in [-0.1, -0.05) is 11.6 Å². The topological polar surface area (TPSA) is 43.1 Å². The molecule has 1 fully saturated rings. The van der Waals surface area contributed by atoms with E-state index in [1.54, 1.807) is 29.2 Å². The summed E-state index contributed by atoms with van der Waals surface area (Å²) in [5, 5.41) is 4.58. The van der Waals surface area contributed by atoms with Gasteiger partial charge in [0.15, 0.2) is 5.65 Å². The summed E-state index contributed by atoms with van der Waals surface area (Å²) in [7, 11) is 0. The second kappa shape index (κ2) is 4.24. The monoisotopic (exact) mass is 288 g/mol. The van der Waals surface area contributed by atoms with Crippen molar-refractivity contribution in [1.82, 2.24) is 19.6 Å². The van der Waals surface area contributed by atoms with Crippen molar-refractivity contribution in [2.24, 2.45) is 0 Å². The van der Waals surface area contributed by atoms with E-state index >= 15 is 0 Å². The van der Waals surface area contributed by atoms with Crippen molar-refractivity contribution in [3.8, 4) is 0 Å². The minimum atomic E-state index is -0.250. The molecule has 0 saturated heterocycles. The van der Waals surface area contributed by atoms with E-state index in [2.05, 4.69) is 15.1 Å². The van der Waals surface area contributed by atoms with Gasteiger partial charge in [0, 0.05) is 24.2 Å². The van der Waals surface area contributed by atoms with Crippen molar-refractivity contribution in [2.75, 3.05) is 0 Å². The van der Waals surface area contributed by atoms with Crippen LogP contribution in [0.3, 0.4) is 0 Å². The molecule has 3 aromatic heterocycles. The fourth-order valence-corrected chi connectivity index (χ4v) is 2.95. The first-order valence-corrected chi connectivity index (χ1v) is 6.71. The Balaban J connectivity index is 1.76. The van der Waals surface area contributed by atoms with Crippen LogP contribution in [0.2, 0.25) is 5.15 Å². The summed E-state index contributed by atoms with van der Waals surface area (Å²) in [6, 6.07) is 3.57. The summed E-state index contributed by atoms with van der Waals surface area (Å²) in [5.74, 6) is 0.147. The van der Waals surface area contributed by atoms with E-state index in [0.29, 0.717) is 10.7 Å². The van der Waals surface area contributed by atoms with E-state index in [1.807, 2.05) is 6.07 Å². The third-order valence-corrected chi connectivity index (χ3v) is 3.94. The average molecular weight is 289 g/mol. The Bertz CT molecular complexity index is 801. The van der Waals surface area contributed by atoms with Crippen molar-refractivity contribution >= 4 is 17.2 Å². The smallest absolute Gasteiger partial charge is 0.157 e. The SMILES string of the molecule is Fc1cnccc1C1CC1c1cc(Cl)nn2ccnc12. The number of nitrogens with zero attached hydrogens (tertiary/aromatic N) is 4. The van der Waals surface area contributed by atoms with Gasteiger partial charge in [-0.3, -0.25) is 4.98 Å². The van der Waals surface area contributed by atoms with Crippen LogP contribution in [0, 0.1) is 5.82 Å². The van der Waals surface area contributed by atoms with Crippen LogP contribution in [0.1, 0.15) is 29.4 Å². The van der Waals surface area contributed by atoms with Crippen LogP contribution < -0.4 is 0 Å². The van der Waals surface area contributed by atoms with Gasteiger partial charge in [-0.15, -0.1) is 0 Å². The van der Waals surface area contributed by atoms with Gasteiger partial charge in [0.2, 0.25) is 0 Å². The first kappa shape index (κ1) is 11.8. The summed E-state index contributed by atoms with van der Waals surface area (Å²) in [6.45, 7) is 0. The highest BCUT2D eigenvalue weighted by Gasteiger charge is 2.42. The van der Waals surface area contributed by atoms with Gasteiger partial charge in [0.1, 0.15) is 11.0 Å². The van der Waals surface area contributed by atoms with Crippen LogP contribution in [0.4, 0.5) is 4.39 Å². The fourth-order valence-electron chi connectivity index (χ4n) is 2.75. The molecule has 3 heterocycles. The molecule has 0 radical (unpaired) electrons. The lowest BCUT2D eigenvalue weighted by Gasteiger charge is -2.05. The molecular weight excluding hydrogens is 279 g/mol. The number of halogens is 2. The summed E-state index contributed by atoms with van der Waals surface area (Å²) in [6.07, 6.45) is 7.22. The number of imidazole rings is 1. The van der Waals surface area contributed by atoms with Gasteiger partial charge in [0.05, 0.1) is 6.20 Å². The van der Waals surface area contributed by atoms with Crippen molar-refractivity contribution in [1.29, 1.82) is 0 Å². The van der Waals surface area contributed by atoms with Crippen LogP contribution >= 0.6 is 11.6 Å². The van der Waals surface area contributed by atoms with Crippen LogP contribution in [0.25, 0.3) is 5.65 Å². The Hall–Kier alpha value is -2.01. The number of pyridine rings is 1. The highest BCUT2D eigenvalue weighted by molar-refractivity contribution is 6.29. The minimum absolute atomic E-state index is 0.164. The fraction of sp³-hybridized carbons (Fsp3) is 0.214. The van der Waals surface area contributed by atoms with E-state index in [0.717, 1.165) is 17.6 Å². The van der Waals surface area contributed by atoms with E-state index in [-0.39, 0.29) is 17.7 Å². The van der Waals surface area contributed by atoms with E-state index in [1.165, 1.54) is 6.20 Å². The average Bonchev–Trinajstić information content (AvgIpc) is 3.08. The predicted molar refractivity (Wildman–Crippen MR) is 72.3 cm³/mol. The summed E-state index contributed by atoms with van der Waals surface area (Å²) in [5.41, 5.74) is 2.52. The minimum Gasteiger partial charge on any atom is -0.262 e. The molecule has 4 nitrogen and oxygen atoms in total. The Kier molecular flexibility index (Phi) is 2.50. The highest BCUT2D eigenvalue weighted by Crippen LogP contribution is 2.55. The molecule has 3 aromatic rings. The van der Waals surface area contributed by atoms with Gasteiger partial charge >= 0.3 is 0 Å². The number of rotatable bonds is 2. The quantitative estimate of drug-likeness (QED) is 0.727. The van der Waals surface area contributed by atoms with Crippen LogP contribution in [-0.4, -0.2) is 19.6 Å². The molecule has 1 aliphatic rings. The molecule has 0 aliphatic heterocycles. The maximum absolute atomic E-state index is 13.8. The highest BCUT2D eigenvalue weighted by atomic mass is 35.5. The molecule has 0 aromatic carbocycles. The predicted octanol–water partition coefficient (Wildman–Crippen LogP) is 3.19. The zero-order chi connectivity index (χ0) is 13.7. The summed E-state index contributed by atoms with van der Waals surface area (Å²) in [4.78, 5) is 8.09. The Morgan fingerprint density at radius 2 is 2.10 bits per heavy atom. The van der Waals surface area contributed by atoms with Crippen molar-refractivity contribution in [3.05, 3.63) is 59.0 Å². The second-order valence-electron chi connectivity index (χ2n) is 4.96. The first-order chi connectivity index (χ1) is 9.74. The van der Waals surface area contributed by atoms with E-state index < -0.39 is 0 Å². The standard InChI is InChI=1S/C14H10ClFN4/c15-13-6-11(14-18-3-4-20(14)19-13)10-5-9(10)8-1-2-17-7-12(8)16/h1-4,6-7,9-10H,5H2. The Morgan fingerprint density at radius 3 is 2.95 bits per heavy atom. The van der Waals surface area contributed by atoms with Gasteiger partial charge in [-0.05, 0) is 36.0 Å². The lowest BCUT2D eigenvalue weighted by molar-refractivity contribution is 0.603. The maximum atomic E-state index is 13.8. The van der Waals surface area contributed by atoms with Crippen molar-refractivity contribution in [2.45, 2.75) is 18.3 Å². The lowest BCUT2D eigenvalue weighted by Crippen LogP contribution is -1.97. The van der Waals surface area contributed by atoms with Crippen LogP contribution in [-0.2, 0) is 0 Å². The number of fused-ring (bicyclic) bond motifs is 1. The number of aromatic nitrogens is 4. The van der Waals surface area contributed by atoms with E-state index in [9.17, 15) is 4.39 Å². The molecule has 0 bridgehead atoms. The zero-order valence-corrected chi connectivity index (χ0v) is 11.1. The molecule has 2 atom stereocenters. The van der Waals surface area contributed by atoms with Crippen LogP contribution in [0.15, 0.2) is 36.9 Å². The molecule has 1 saturated carbocycles. The van der Waals surface area contributed by atoms with Crippen LogP contribution in [0.5, 0.6) is 0 Å². The molecule has 2 unspecified atom stereocenters. The lowest BCUT2D eigenvalue weighted by atomic mass is 10.1. The molecule has 1 aliphatic carbocycles. The third-order valence-electron chi connectivity index (χ3n) is 3.75. The number of hydrogen-bond acceptors (Lipinski definition) is 3.